The first kappa shape index (κ1) is 4.43. The summed E-state index contributed by atoms with van der Waals surface area (Å²) >= 11 is 0. The van der Waals surface area contributed by atoms with Crippen LogP contribution < -0.4 is 0 Å². The molecule has 1 heterocycles. The minimum absolute atomic E-state index is 0.500. The van der Waals surface area contributed by atoms with Crippen LogP contribution in [0.2, 0.25) is 0 Å². The van der Waals surface area contributed by atoms with Gasteiger partial charge in [-0.05, 0) is 24.5 Å². The molecule has 0 atom stereocenters. The third-order valence-electron chi connectivity index (χ3n) is 0.740. The second-order valence-corrected chi connectivity index (χ2v) is 1.23. The fourth-order valence-corrected chi connectivity index (χ4v) is 0.413. The molecule has 0 amide bonds. The van der Waals surface area contributed by atoms with Gasteiger partial charge in [0.2, 0.25) is 0 Å². The van der Waals surface area contributed by atoms with Crippen LogP contribution in [0.5, 0.6) is 0 Å². The molecule has 7 heavy (non-hydrogen) atoms. The fourth-order valence-electron chi connectivity index (χ4n) is 0.413. The molecule has 0 fully saturated rings. The fraction of sp³-hybridized carbons (Fsp3) is 0. The lowest BCUT2D eigenvalue weighted by molar-refractivity contribution is 0.835. The summed E-state index contributed by atoms with van der Waals surface area (Å²) in [7, 11) is 0.500. The second kappa shape index (κ2) is 1.82. The van der Waals surface area contributed by atoms with Crippen molar-refractivity contribution in [2.75, 3.05) is 0 Å². The van der Waals surface area contributed by atoms with Crippen molar-refractivity contribution in [3.63, 3.8) is 0 Å². The molecular weight excluding hydrogens is 91.9 g/mol. The van der Waals surface area contributed by atoms with E-state index in [-0.39, 0.29) is 0 Å². The molecular formula is C4H4BFN. The Bertz CT molecular complexity index is 126. The first-order valence-electron chi connectivity index (χ1n) is 1.99. The lowest BCUT2D eigenvalue weighted by atomic mass is 10.3. The van der Waals surface area contributed by atoms with Crippen molar-refractivity contribution in [3.05, 3.63) is 24.5 Å². The number of hydrogen-bond acceptors (Lipinski definition) is 0. The summed E-state index contributed by atoms with van der Waals surface area (Å²) in [5.74, 6) is 0. The van der Waals surface area contributed by atoms with Gasteiger partial charge in [0.05, 0.1) is 0 Å². The molecule has 0 N–H and O–H groups in total. The van der Waals surface area contributed by atoms with E-state index in [0.717, 1.165) is 0 Å². The highest BCUT2D eigenvalue weighted by Crippen LogP contribution is 1.83. The second-order valence-electron chi connectivity index (χ2n) is 1.23. The van der Waals surface area contributed by atoms with E-state index in [1.165, 1.54) is 4.48 Å². The van der Waals surface area contributed by atoms with Crippen LogP contribution in [-0.2, 0) is 0 Å². The third-order valence-corrected chi connectivity index (χ3v) is 0.740. The highest BCUT2D eigenvalue weighted by molar-refractivity contribution is 6.23. The van der Waals surface area contributed by atoms with E-state index in [2.05, 4.69) is 0 Å². The number of nitrogens with zero attached hydrogens (tertiary/aromatic N) is 1. The molecule has 1 nitrogen and oxygen atoms in total. The van der Waals surface area contributed by atoms with Crippen molar-refractivity contribution < 1.29 is 4.32 Å². The van der Waals surface area contributed by atoms with Gasteiger partial charge in [-0.25, -0.2) is 0 Å². The summed E-state index contributed by atoms with van der Waals surface area (Å²) in [6.07, 6.45) is 3.25. The average molecular weight is 95.9 g/mol. The summed E-state index contributed by atoms with van der Waals surface area (Å²) in [6, 6.07) is 3.52. The minimum Gasteiger partial charge on any atom is -0.371 e. The standard InChI is InChI=1S/C4H4BFN/c6-5-7-3-1-2-4-7/h1-4H. The number of halogens is 1. The van der Waals surface area contributed by atoms with Crippen LogP contribution in [0.3, 0.4) is 0 Å². The summed E-state index contributed by atoms with van der Waals surface area (Å²) in [5.41, 5.74) is 0. The molecule has 0 unspecified atom stereocenters. The van der Waals surface area contributed by atoms with Gasteiger partial charge in [0.25, 0.3) is 0 Å². The van der Waals surface area contributed by atoms with Gasteiger partial charge in [-0.15, -0.1) is 0 Å². The van der Waals surface area contributed by atoms with Gasteiger partial charge in [0, 0.05) is 0 Å². The van der Waals surface area contributed by atoms with E-state index in [4.69, 9.17) is 0 Å². The highest BCUT2D eigenvalue weighted by Gasteiger charge is 1.85. The monoisotopic (exact) mass is 96.0 g/mol. The zero-order valence-electron chi connectivity index (χ0n) is 3.71. The van der Waals surface area contributed by atoms with E-state index in [1.54, 1.807) is 24.5 Å². The molecule has 3 heteroatoms. The smallest absolute Gasteiger partial charge is 0.371 e. The van der Waals surface area contributed by atoms with Gasteiger partial charge in [-0.2, -0.15) is 0 Å². The lowest BCUT2D eigenvalue weighted by Crippen LogP contribution is -1.93. The first-order valence-corrected chi connectivity index (χ1v) is 1.99. The number of hydrogen-bond donors (Lipinski definition) is 0. The number of rotatable bonds is 1. The molecule has 1 aromatic rings. The molecule has 0 aliphatic rings. The van der Waals surface area contributed by atoms with E-state index < -0.39 is 0 Å². The zero-order valence-corrected chi connectivity index (χ0v) is 3.71. The average Bonchev–Trinajstić information content (AvgIpc) is 2.14. The third kappa shape index (κ3) is 0.826. The van der Waals surface area contributed by atoms with Gasteiger partial charge >= 0.3 is 7.69 Å². The van der Waals surface area contributed by atoms with Crippen molar-refractivity contribution >= 4 is 7.69 Å². The Morgan fingerprint density at radius 1 is 1.29 bits per heavy atom. The van der Waals surface area contributed by atoms with Crippen molar-refractivity contribution in [3.8, 4) is 0 Å². The van der Waals surface area contributed by atoms with Crippen LogP contribution in [0.1, 0.15) is 0 Å². The van der Waals surface area contributed by atoms with Crippen molar-refractivity contribution in [1.82, 2.24) is 4.48 Å². The first-order chi connectivity index (χ1) is 3.43. The Kier molecular flexibility index (Phi) is 1.15. The molecule has 0 saturated heterocycles. The van der Waals surface area contributed by atoms with Crippen LogP contribution >= 0.6 is 0 Å². The van der Waals surface area contributed by atoms with Crippen LogP contribution in [0, 0.1) is 0 Å². The molecule has 1 aromatic heterocycles. The summed E-state index contributed by atoms with van der Waals surface area (Å²) in [6.45, 7) is 0. The Labute approximate surface area is 42.1 Å². The van der Waals surface area contributed by atoms with Crippen LogP contribution in [0.4, 0.5) is 4.32 Å². The predicted octanol–water partition coefficient (Wildman–Crippen LogP) is 0.840. The Balaban J connectivity index is 2.76. The predicted molar refractivity (Wildman–Crippen MR) is 26.7 cm³/mol. The highest BCUT2D eigenvalue weighted by atomic mass is 19.1. The topological polar surface area (TPSA) is 4.93 Å². The van der Waals surface area contributed by atoms with Crippen LogP contribution in [0.25, 0.3) is 0 Å². The van der Waals surface area contributed by atoms with E-state index in [1.807, 2.05) is 0 Å². The quantitative estimate of drug-likeness (QED) is 0.456. The minimum atomic E-state index is 0.500. The maximum absolute atomic E-state index is 11.4. The van der Waals surface area contributed by atoms with Gasteiger partial charge in [0.15, 0.2) is 0 Å². The van der Waals surface area contributed by atoms with Crippen LogP contribution in [-0.4, -0.2) is 12.2 Å². The molecule has 1 rings (SSSR count). The van der Waals surface area contributed by atoms with Crippen molar-refractivity contribution in [1.29, 1.82) is 0 Å². The molecule has 0 aromatic carbocycles. The Morgan fingerprint density at radius 2 is 1.86 bits per heavy atom. The lowest BCUT2D eigenvalue weighted by Gasteiger charge is -1.83. The van der Waals surface area contributed by atoms with E-state index in [9.17, 15) is 4.32 Å². The zero-order chi connectivity index (χ0) is 5.11. The summed E-state index contributed by atoms with van der Waals surface area (Å²) < 4.78 is 12.7. The molecule has 1 radical (unpaired) electrons. The molecule has 0 saturated carbocycles. The maximum atomic E-state index is 11.4. The maximum Gasteiger partial charge on any atom is 0.494 e. The van der Waals surface area contributed by atoms with Crippen LogP contribution in [0.15, 0.2) is 24.5 Å². The Morgan fingerprint density at radius 3 is 2.14 bits per heavy atom. The molecule has 0 aliphatic carbocycles. The summed E-state index contributed by atoms with van der Waals surface area (Å²) in [5, 5.41) is 0. The van der Waals surface area contributed by atoms with Gasteiger partial charge in [0.1, 0.15) is 0 Å². The molecule has 0 aliphatic heterocycles. The molecule has 0 spiro atoms. The van der Waals surface area contributed by atoms with Crippen molar-refractivity contribution in [2.45, 2.75) is 0 Å². The van der Waals surface area contributed by atoms with E-state index in [0.29, 0.717) is 7.69 Å². The number of aromatic nitrogens is 1. The van der Waals surface area contributed by atoms with Gasteiger partial charge < -0.3 is 8.79 Å². The van der Waals surface area contributed by atoms with E-state index >= 15 is 0 Å². The molecule has 35 valence electrons. The normalized spacial score (nSPS) is 8.71. The van der Waals surface area contributed by atoms with Crippen molar-refractivity contribution in [2.24, 2.45) is 0 Å². The van der Waals surface area contributed by atoms with Gasteiger partial charge in [-0.1, -0.05) is 0 Å². The largest absolute Gasteiger partial charge is 0.494 e. The SMILES string of the molecule is F[B]n1cccc1. The molecule has 0 bridgehead atoms. The Hall–Kier alpha value is -0.725. The van der Waals surface area contributed by atoms with Gasteiger partial charge in [-0.3, -0.25) is 0 Å². The summed E-state index contributed by atoms with van der Waals surface area (Å²) in [4.78, 5) is 0.